The number of anilines is 1. The van der Waals surface area contributed by atoms with E-state index in [0.717, 1.165) is 0 Å². The SMILES string of the molecule is COC1C(Sc2cc(Cl)cnc2-c2ncco2)OC(CO)C(O)C1n1cc(-c2csc(N)n2)nn1. The summed E-state index contributed by atoms with van der Waals surface area (Å²) in [6.45, 7) is -0.421. The maximum atomic E-state index is 11.0. The molecule has 4 aromatic rings. The fraction of sp³-hybridized carbons (Fsp3) is 0.350. The molecule has 0 bridgehead atoms. The summed E-state index contributed by atoms with van der Waals surface area (Å²) in [6.07, 6.45) is 3.35. The standard InChI is InChI=1S/C20H20ClN7O5S2/c1-31-17-15(28-6-10(26-27-28)11-8-34-20(22)25-11)16(30)12(7-29)33-19(17)35-13-4-9(21)5-24-14(13)18-23-2-3-32-18/h2-6,8,12,15-17,19,29-30H,7H2,1H3,(H2,22,25). The summed E-state index contributed by atoms with van der Waals surface area (Å²) >= 11 is 8.76. The molecule has 12 nitrogen and oxygen atoms in total. The Morgan fingerprint density at radius 2 is 2.20 bits per heavy atom. The van der Waals surface area contributed by atoms with E-state index in [4.69, 9.17) is 31.2 Å². The third-order valence-corrected chi connectivity index (χ3v) is 7.45. The minimum Gasteiger partial charge on any atom is -0.443 e. The van der Waals surface area contributed by atoms with Crippen LogP contribution in [0.25, 0.3) is 23.0 Å². The van der Waals surface area contributed by atoms with Gasteiger partial charge in [-0.05, 0) is 6.07 Å². The topological polar surface area (TPSA) is 167 Å². The van der Waals surface area contributed by atoms with Crippen LogP contribution in [0.5, 0.6) is 0 Å². The number of pyridine rings is 1. The van der Waals surface area contributed by atoms with Gasteiger partial charge in [0.25, 0.3) is 0 Å². The fourth-order valence-electron chi connectivity index (χ4n) is 3.79. The highest BCUT2D eigenvalue weighted by Crippen LogP contribution is 2.42. The van der Waals surface area contributed by atoms with Gasteiger partial charge >= 0.3 is 0 Å². The predicted octanol–water partition coefficient (Wildman–Crippen LogP) is 2.11. The Hall–Kier alpha value is -2.59. The Bertz CT molecular complexity index is 1290. The number of hydrogen-bond donors (Lipinski definition) is 3. The second-order valence-corrected chi connectivity index (χ2v) is 9.98. The van der Waals surface area contributed by atoms with Crippen LogP contribution in [-0.4, -0.2) is 77.6 Å². The van der Waals surface area contributed by atoms with Crippen LogP contribution in [0.15, 0.2) is 45.6 Å². The van der Waals surface area contributed by atoms with E-state index in [-0.39, 0.29) is 0 Å². The number of oxazole rings is 1. The number of thioether (sulfide) groups is 1. The van der Waals surface area contributed by atoms with Crippen molar-refractivity contribution in [3.05, 3.63) is 41.3 Å². The Balaban J connectivity index is 1.49. The number of nitrogens with zero attached hydrogens (tertiary/aromatic N) is 6. The lowest BCUT2D eigenvalue weighted by Crippen LogP contribution is -2.55. The van der Waals surface area contributed by atoms with E-state index in [1.54, 1.807) is 17.6 Å². The van der Waals surface area contributed by atoms with E-state index in [0.29, 0.717) is 38.0 Å². The minimum atomic E-state index is -1.14. The minimum absolute atomic E-state index is 0.313. The zero-order valence-corrected chi connectivity index (χ0v) is 20.5. The van der Waals surface area contributed by atoms with Gasteiger partial charge in [0.15, 0.2) is 5.13 Å². The molecule has 5 rings (SSSR count). The summed E-state index contributed by atoms with van der Waals surface area (Å²) in [7, 11) is 1.50. The van der Waals surface area contributed by atoms with Gasteiger partial charge in [-0.3, -0.25) is 0 Å². The van der Waals surface area contributed by atoms with E-state index in [1.807, 2.05) is 0 Å². The monoisotopic (exact) mass is 537 g/mol. The maximum absolute atomic E-state index is 11.0. The molecule has 184 valence electrons. The smallest absolute Gasteiger partial charge is 0.246 e. The first-order chi connectivity index (χ1) is 17.0. The number of aliphatic hydroxyl groups excluding tert-OH is 2. The van der Waals surface area contributed by atoms with Gasteiger partial charge in [-0.1, -0.05) is 28.6 Å². The second-order valence-electron chi connectivity index (χ2n) is 7.52. The zero-order valence-electron chi connectivity index (χ0n) is 18.1. The van der Waals surface area contributed by atoms with Crippen molar-refractivity contribution in [2.75, 3.05) is 19.5 Å². The first-order valence-electron chi connectivity index (χ1n) is 10.3. The highest BCUT2D eigenvalue weighted by atomic mass is 35.5. The van der Waals surface area contributed by atoms with Crippen molar-refractivity contribution >= 4 is 39.8 Å². The average molecular weight is 538 g/mol. The highest BCUT2D eigenvalue weighted by molar-refractivity contribution is 8.00. The number of nitrogens with two attached hydrogens (primary N) is 1. The van der Waals surface area contributed by atoms with Gasteiger partial charge in [-0.25, -0.2) is 19.6 Å². The largest absolute Gasteiger partial charge is 0.443 e. The highest BCUT2D eigenvalue weighted by Gasteiger charge is 2.47. The summed E-state index contributed by atoms with van der Waals surface area (Å²) < 4.78 is 18.7. The first-order valence-corrected chi connectivity index (χ1v) is 12.4. The number of aromatic nitrogens is 6. The van der Waals surface area contributed by atoms with Gasteiger partial charge in [0, 0.05) is 23.6 Å². The number of nitrogen functional groups attached to an aromatic ring is 1. The zero-order chi connectivity index (χ0) is 24.5. The Morgan fingerprint density at radius 1 is 1.34 bits per heavy atom. The molecule has 1 fully saturated rings. The lowest BCUT2D eigenvalue weighted by Gasteiger charge is -2.43. The van der Waals surface area contributed by atoms with Crippen LogP contribution in [0.3, 0.4) is 0 Å². The Kier molecular flexibility index (Phi) is 7.02. The number of halogens is 1. The van der Waals surface area contributed by atoms with E-state index >= 15 is 0 Å². The Morgan fingerprint density at radius 3 is 2.89 bits per heavy atom. The van der Waals surface area contributed by atoms with Crippen molar-refractivity contribution in [2.45, 2.75) is 34.7 Å². The molecule has 1 aliphatic heterocycles. The van der Waals surface area contributed by atoms with E-state index in [1.165, 1.54) is 53.5 Å². The first kappa shape index (κ1) is 24.1. The van der Waals surface area contributed by atoms with Crippen LogP contribution in [0.1, 0.15) is 6.04 Å². The van der Waals surface area contributed by atoms with Crippen molar-refractivity contribution < 1.29 is 24.1 Å². The summed E-state index contributed by atoms with van der Waals surface area (Å²) in [4.78, 5) is 13.4. The van der Waals surface area contributed by atoms with Gasteiger partial charge < -0.3 is 29.8 Å². The lowest BCUT2D eigenvalue weighted by molar-refractivity contribution is -0.186. The average Bonchev–Trinajstić information content (AvgIpc) is 3.62. The number of ether oxygens (including phenoxy) is 2. The van der Waals surface area contributed by atoms with E-state index in [9.17, 15) is 10.2 Å². The van der Waals surface area contributed by atoms with Crippen molar-refractivity contribution in [2.24, 2.45) is 0 Å². The third-order valence-electron chi connectivity index (χ3n) is 5.39. The van der Waals surface area contributed by atoms with E-state index < -0.39 is 36.4 Å². The number of aliphatic hydroxyl groups is 2. The van der Waals surface area contributed by atoms with Crippen molar-refractivity contribution in [3.8, 4) is 23.0 Å². The molecule has 0 aromatic carbocycles. The second kappa shape index (κ2) is 10.2. The lowest BCUT2D eigenvalue weighted by atomic mass is 9.97. The molecule has 5 heterocycles. The summed E-state index contributed by atoms with van der Waals surface area (Å²) in [6, 6.07) is 0.973. The molecule has 4 N–H and O–H groups in total. The summed E-state index contributed by atoms with van der Waals surface area (Å²) in [5.41, 5.74) is 6.57. The third kappa shape index (κ3) is 4.78. The van der Waals surface area contributed by atoms with Crippen LogP contribution in [-0.2, 0) is 9.47 Å². The quantitative estimate of drug-likeness (QED) is 0.314. The van der Waals surface area contributed by atoms with E-state index in [2.05, 4.69) is 25.3 Å². The predicted molar refractivity (Wildman–Crippen MR) is 128 cm³/mol. The number of methoxy groups -OCH3 is 1. The van der Waals surface area contributed by atoms with Gasteiger partial charge in [-0.15, -0.1) is 16.4 Å². The molecular weight excluding hydrogens is 518 g/mol. The van der Waals surface area contributed by atoms with Crippen molar-refractivity contribution in [3.63, 3.8) is 0 Å². The molecular formula is C20H20ClN7O5S2. The van der Waals surface area contributed by atoms with Gasteiger partial charge in [0.05, 0.1) is 24.0 Å². The molecule has 0 spiro atoms. The molecule has 0 amide bonds. The van der Waals surface area contributed by atoms with Gasteiger partial charge in [-0.2, -0.15) is 0 Å². The number of hydrogen-bond acceptors (Lipinski definition) is 13. The Labute approximate surface area is 212 Å². The number of thiazole rings is 1. The molecule has 4 aromatic heterocycles. The van der Waals surface area contributed by atoms with Gasteiger partial charge in [0.1, 0.15) is 53.1 Å². The fourth-order valence-corrected chi connectivity index (χ4v) is 5.87. The molecule has 0 aliphatic carbocycles. The molecule has 1 aliphatic rings. The van der Waals surface area contributed by atoms with Crippen LogP contribution in [0.2, 0.25) is 5.02 Å². The summed E-state index contributed by atoms with van der Waals surface area (Å²) in [5, 5.41) is 31.9. The molecule has 0 radical (unpaired) electrons. The van der Waals surface area contributed by atoms with Crippen LogP contribution < -0.4 is 5.73 Å². The molecule has 15 heteroatoms. The molecule has 5 unspecified atom stereocenters. The van der Waals surface area contributed by atoms with Crippen LogP contribution in [0.4, 0.5) is 5.13 Å². The van der Waals surface area contributed by atoms with Crippen LogP contribution in [0, 0.1) is 0 Å². The number of rotatable bonds is 7. The molecule has 0 saturated carbocycles. The maximum Gasteiger partial charge on any atom is 0.246 e. The normalized spacial score (nSPS) is 24.6. The molecule has 5 atom stereocenters. The van der Waals surface area contributed by atoms with Crippen molar-refractivity contribution in [1.29, 1.82) is 0 Å². The van der Waals surface area contributed by atoms with Crippen LogP contribution >= 0.6 is 34.7 Å². The van der Waals surface area contributed by atoms with Crippen molar-refractivity contribution in [1.82, 2.24) is 29.9 Å². The summed E-state index contributed by atoms with van der Waals surface area (Å²) in [5.74, 6) is 0.313. The molecule has 1 saturated heterocycles. The van der Waals surface area contributed by atoms with Gasteiger partial charge in [0.2, 0.25) is 5.89 Å². The molecule has 35 heavy (non-hydrogen) atoms.